The minimum atomic E-state index is 0.0652. The van der Waals surface area contributed by atoms with Gasteiger partial charge in [0.25, 0.3) is 0 Å². The van der Waals surface area contributed by atoms with Gasteiger partial charge in [-0.25, -0.2) is 9.67 Å². The van der Waals surface area contributed by atoms with Crippen molar-refractivity contribution in [1.29, 1.82) is 0 Å². The van der Waals surface area contributed by atoms with Crippen LogP contribution in [0.1, 0.15) is 36.8 Å². The highest BCUT2D eigenvalue weighted by Crippen LogP contribution is 2.34. The van der Waals surface area contributed by atoms with Gasteiger partial charge in [0.2, 0.25) is 0 Å². The number of nitrogens with two attached hydrogens (primary N) is 1. The Kier molecular flexibility index (Phi) is 4.47. The van der Waals surface area contributed by atoms with E-state index in [-0.39, 0.29) is 18.1 Å². The molecule has 3 rings (SSSR count). The largest absolute Gasteiger partial charge is 0.380 e. The molecular formula is C16H21ClN4O. The molecule has 2 N–H and O–H groups in total. The van der Waals surface area contributed by atoms with Crippen molar-refractivity contribution >= 4 is 11.6 Å². The van der Waals surface area contributed by atoms with Crippen LogP contribution in [-0.4, -0.2) is 34.0 Å². The van der Waals surface area contributed by atoms with Crippen molar-refractivity contribution in [2.24, 2.45) is 5.73 Å². The molecule has 1 fully saturated rings. The Hall–Kier alpha value is -1.43. The zero-order valence-electron chi connectivity index (χ0n) is 12.9. The summed E-state index contributed by atoms with van der Waals surface area (Å²) in [6.45, 7) is 1.90. The van der Waals surface area contributed by atoms with Gasteiger partial charge in [-0.3, -0.25) is 0 Å². The van der Waals surface area contributed by atoms with E-state index in [1.54, 1.807) is 7.11 Å². The monoisotopic (exact) mass is 320 g/mol. The topological polar surface area (TPSA) is 66.0 Å². The number of methoxy groups -OCH3 is 1. The predicted octanol–water partition coefficient (Wildman–Crippen LogP) is 2.84. The molecule has 0 radical (unpaired) electrons. The van der Waals surface area contributed by atoms with Gasteiger partial charge in [-0.2, -0.15) is 5.10 Å². The fourth-order valence-electron chi connectivity index (χ4n) is 3.15. The first-order chi connectivity index (χ1) is 10.6. The van der Waals surface area contributed by atoms with Crippen LogP contribution in [0.2, 0.25) is 5.02 Å². The highest BCUT2D eigenvalue weighted by molar-refractivity contribution is 6.32. The molecule has 3 atom stereocenters. The third-order valence-electron chi connectivity index (χ3n) is 4.33. The van der Waals surface area contributed by atoms with Gasteiger partial charge in [-0.05, 0) is 38.3 Å². The summed E-state index contributed by atoms with van der Waals surface area (Å²) in [4.78, 5) is 4.64. The van der Waals surface area contributed by atoms with Crippen LogP contribution in [-0.2, 0) is 4.74 Å². The molecule has 22 heavy (non-hydrogen) atoms. The quantitative estimate of drug-likeness (QED) is 0.944. The highest BCUT2D eigenvalue weighted by Gasteiger charge is 2.32. The van der Waals surface area contributed by atoms with Crippen molar-refractivity contribution < 1.29 is 4.74 Å². The standard InChI is InChI=1S/C16H21ClN4O/c1-10-19-16(11-7-8-13(18)15(9-11)22-2)21(20-10)14-6-4-3-5-12(14)17/h3-6,11,13,15H,7-9,18H2,1-2H3/t11-,13+,15+/m0/s1. The average Bonchev–Trinajstić information content (AvgIpc) is 2.90. The van der Waals surface area contributed by atoms with Crippen LogP contribution in [0, 0.1) is 6.92 Å². The van der Waals surface area contributed by atoms with Crippen LogP contribution in [0.3, 0.4) is 0 Å². The van der Waals surface area contributed by atoms with Gasteiger partial charge in [0.1, 0.15) is 11.6 Å². The fraction of sp³-hybridized carbons (Fsp3) is 0.500. The van der Waals surface area contributed by atoms with Crippen molar-refractivity contribution in [3.8, 4) is 5.69 Å². The maximum atomic E-state index is 6.32. The molecule has 1 aromatic heterocycles. The lowest BCUT2D eigenvalue weighted by Crippen LogP contribution is -2.41. The van der Waals surface area contributed by atoms with Crippen LogP contribution >= 0.6 is 11.6 Å². The normalized spacial score (nSPS) is 25.4. The molecule has 2 aromatic rings. The smallest absolute Gasteiger partial charge is 0.148 e. The molecule has 118 valence electrons. The summed E-state index contributed by atoms with van der Waals surface area (Å²) >= 11 is 6.32. The predicted molar refractivity (Wildman–Crippen MR) is 86.5 cm³/mol. The van der Waals surface area contributed by atoms with E-state index in [0.717, 1.165) is 36.6 Å². The Morgan fingerprint density at radius 3 is 2.82 bits per heavy atom. The number of ether oxygens (including phenoxy) is 1. The van der Waals surface area contributed by atoms with E-state index < -0.39 is 0 Å². The van der Waals surface area contributed by atoms with E-state index >= 15 is 0 Å². The summed E-state index contributed by atoms with van der Waals surface area (Å²) in [7, 11) is 1.72. The second-order valence-electron chi connectivity index (χ2n) is 5.83. The Balaban J connectivity index is 1.97. The molecule has 1 saturated carbocycles. The van der Waals surface area contributed by atoms with Crippen LogP contribution in [0.15, 0.2) is 24.3 Å². The van der Waals surface area contributed by atoms with Gasteiger partial charge < -0.3 is 10.5 Å². The number of aromatic nitrogens is 3. The Morgan fingerprint density at radius 2 is 2.09 bits per heavy atom. The van der Waals surface area contributed by atoms with Crippen LogP contribution in [0.4, 0.5) is 0 Å². The molecule has 1 heterocycles. The molecule has 6 heteroatoms. The Morgan fingerprint density at radius 1 is 1.32 bits per heavy atom. The summed E-state index contributed by atoms with van der Waals surface area (Å²) in [5, 5.41) is 5.21. The number of hydrogen-bond donors (Lipinski definition) is 1. The van der Waals surface area contributed by atoms with Gasteiger partial charge in [0, 0.05) is 19.1 Å². The van der Waals surface area contributed by atoms with Gasteiger partial charge in [-0.15, -0.1) is 0 Å². The SMILES string of the molecule is CO[C@@H]1C[C@@H](c2nc(C)nn2-c2ccccc2Cl)CC[C@H]1N. The molecule has 0 spiro atoms. The number of benzene rings is 1. The van der Waals surface area contributed by atoms with Gasteiger partial charge in [-0.1, -0.05) is 23.7 Å². The zero-order chi connectivity index (χ0) is 15.7. The lowest BCUT2D eigenvalue weighted by molar-refractivity contribution is 0.0459. The van der Waals surface area contributed by atoms with E-state index in [1.165, 1.54) is 0 Å². The molecule has 1 aliphatic carbocycles. The summed E-state index contributed by atoms with van der Waals surface area (Å²) in [6, 6.07) is 7.79. The van der Waals surface area contributed by atoms with Gasteiger partial charge in [0.05, 0.1) is 16.8 Å². The van der Waals surface area contributed by atoms with Crippen molar-refractivity contribution in [3.05, 3.63) is 40.9 Å². The number of halogens is 1. The number of rotatable bonds is 3. The molecule has 0 bridgehead atoms. The molecule has 0 unspecified atom stereocenters. The van der Waals surface area contributed by atoms with E-state index in [4.69, 9.17) is 22.1 Å². The minimum absolute atomic E-state index is 0.0652. The van der Waals surface area contributed by atoms with Crippen molar-refractivity contribution in [2.45, 2.75) is 44.2 Å². The van der Waals surface area contributed by atoms with Gasteiger partial charge >= 0.3 is 0 Å². The van der Waals surface area contributed by atoms with E-state index in [9.17, 15) is 0 Å². The summed E-state index contributed by atoms with van der Waals surface area (Å²) < 4.78 is 7.39. The summed E-state index contributed by atoms with van der Waals surface area (Å²) in [5.74, 6) is 1.97. The highest BCUT2D eigenvalue weighted by atomic mass is 35.5. The first-order valence-corrected chi connectivity index (χ1v) is 7.94. The summed E-state index contributed by atoms with van der Waals surface area (Å²) in [6.07, 6.45) is 2.84. The zero-order valence-corrected chi connectivity index (χ0v) is 13.6. The van der Waals surface area contributed by atoms with E-state index in [2.05, 4.69) is 10.1 Å². The number of para-hydroxylation sites is 1. The number of nitrogens with zero attached hydrogens (tertiary/aromatic N) is 3. The first kappa shape index (κ1) is 15.5. The molecule has 0 saturated heterocycles. The minimum Gasteiger partial charge on any atom is -0.380 e. The lowest BCUT2D eigenvalue weighted by atomic mass is 9.83. The van der Waals surface area contributed by atoms with Crippen molar-refractivity contribution in [3.63, 3.8) is 0 Å². The summed E-state index contributed by atoms with van der Waals surface area (Å²) in [5.41, 5.74) is 6.98. The third-order valence-corrected chi connectivity index (χ3v) is 4.65. The van der Waals surface area contributed by atoms with E-state index in [1.807, 2.05) is 35.9 Å². The van der Waals surface area contributed by atoms with Crippen LogP contribution in [0.25, 0.3) is 5.69 Å². The van der Waals surface area contributed by atoms with E-state index in [0.29, 0.717) is 5.02 Å². The number of hydrogen-bond acceptors (Lipinski definition) is 4. The van der Waals surface area contributed by atoms with Crippen LogP contribution in [0.5, 0.6) is 0 Å². The Labute approximate surface area is 135 Å². The molecule has 0 aliphatic heterocycles. The molecular weight excluding hydrogens is 300 g/mol. The maximum absolute atomic E-state index is 6.32. The average molecular weight is 321 g/mol. The molecule has 1 aliphatic rings. The molecule has 5 nitrogen and oxygen atoms in total. The van der Waals surface area contributed by atoms with Crippen molar-refractivity contribution in [1.82, 2.24) is 14.8 Å². The molecule has 1 aromatic carbocycles. The second-order valence-corrected chi connectivity index (χ2v) is 6.24. The van der Waals surface area contributed by atoms with Gasteiger partial charge in [0.15, 0.2) is 0 Å². The fourth-order valence-corrected chi connectivity index (χ4v) is 3.37. The lowest BCUT2D eigenvalue weighted by Gasteiger charge is -2.32. The van der Waals surface area contributed by atoms with Crippen molar-refractivity contribution in [2.75, 3.05) is 7.11 Å². The molecule has 0 amide bonds. The van der Waals surface area contributed by atoms with Crippen LogP contribution < -0.4 is 5.73 Å². The first-order valence-electron chi connectivity index (χ1n) is 7.57. The maximum Gasteiger partial charge on any atom is 0.148 e. The third kappa shape index (κ3) is 2.89. The Bertz CT molecular complexity index is 657. The second kappa shape index (κ2) is 6.36. The number of aryl methyl sites for hydroxylation is 1.